The van der Waals surface area contributed by atoms with Crippen LogP contribution in [-0.4, -0.2) is 35.1 Å². The molecule has 0 radical (unpaired) electrons. The molecule has 36 heavy (non-hydrogen) atoms. The number of aromatic nitrogens is 1. The number of carbonyl (C=O) groups excluding carboxylic acids is 2. The Bertz CT molecular complexity index is 1570. The summed E-state index contributed by atoms with van der Waals surface area (Å²) >= 11 is 1.14. The molecule has 0 bridgehead atoms. The third-order valence-corrected chi connectivity index (χ3v) is 6.55. The van der Waals surface area contributed by atoms with E-state index in [4.69, 9.17) is 9.47 Å². The molecule has 10 nitrogen and oxygen atoms in total. The van der Waals surface area contributed by atoms with Gasteiger partial charge in [-0.05, 0) is 55.3 Å². The SMILES string of the molecule is CCOC(=O)C1=C(C)N=c2sc(=Cc3ccc([N+](=O)[O-])cc3)c(=O)n2C1c1ccc(C(=O)OC)cc1. The molecule has 0 saturated heterocycles. The van der Waals surface area contributed by atoms with Gasteiger partial charge in [0.1, 0.15) is 0 Å². The lowest BCUT2D eigenvalue weighted by molar-refractivity contribution is -0.384. The van der Waals surface area contributed by atoms with Crippen molar-refractivity contribution < 1.29 is 24.0 Å². The highest BCUT2D eigenvalue weighted by atomic mass is 32.1. The van der Waals surface area contributed by atoms with Crippen LogP contribution in [0.5, 0.6) is 0 Å². The van der Waals surface area contributed by atoms with E-state index in [2.05, 4.69) is 4.99 Å². The highest BCUT2D eigenvalue weighted by Crippen LogP contribution is 2.31. The fourth-order valence-corrected chi connectivity index (χ4v) is 4.92. The maximum atomic E-state index is 13.6. The molecule has 2 aromatic carbocycles. The average Bonchev–Trinajstić information content (AvgIpc) is 3.17. The summed E-state index contributed by atoms with van der Waals surface area (Å²) in [6.45, 7) is 3.51. The van der Waals surface area contributed by atoms with Crippen LogP contribution in [0.25, 0.3) is 6.08 Å². The summed E-state index contributed by atoms with van der Waals surface area (Å²) in [6.07, 6.45) is 1.62. The number of nitrogens with zero attached hydrogens (tertiary/aromatic N) is 3. The van der Waals surface area contributed by atoms with Gasteiger partial charge < -0.3 is 9.47 Å². The Morgan fingerprint density at radius 1 is 1.14 bits per heavy atom. The first-order valence-electron chi connectivity index (χ1n) is 10.9. The normalized spacial score (nSPS) is 15.2. The lowest BCUT2D eigenvalue weighted by atomic mass is 9.95. The highest BCUT2D eigenvalue weighted by Gasteiger charge is 2.33. The van der Waals surface area contributed by atoms with Crippen LogP contribution in [0.3, 0.4) is 0 Å². The molecule has 0 fully saturated rings. The van der Waals surface area contributed by atoms with E-state index in [1.807, 2.05) is 0 Å². The summed E-state index contributed by atoms with van der Waals surface area (Å²) in [5, 5.41) is 10.9. The molecule has 2 heterocycles. The predicted octanol–water partition coefficient (Wildman–Crippen LogP) is 2.49. The third kappa shape index (κ3) is 4.60. The Kier molecular flexibility index (Phi) is 6.93. The minimum absolute atomic E-state index is 0.0567. The monoisotopic (exact) mass is 507 g/mol. The van der Waals surface area contributed by atoms with E-state index in [0.29, 0.717) is 31.7 Å². The number of nitro benzene ring substituents is 1. The van der Waals surface area contributed by atoms with E-state index >= 15 is 0 Å². The number of allylic oxidation sites excluding steroid dienone is 1. The predicted molar refractivity (Wildman–Crippen MR) is 131 cm³/mol. The van der Waals surface area contributed by atoms with Gasteiger partial charge in [0.25, 0.3) is 11.2 Å². The van der Waals surface area contributed by atoms with Gasteiger partial charge in [-0.1, -0.05) is 23.5 Å². The highest BCUT2D eigenvalue weighted by molar-refractivity contribution is 7.07. The van der Waals surface area contributed by atoms with Crippen LogP contribution >= 0.6 is 11.3 Å². The van der Waals surface area contributed by atoms with E-state index < -0.39 is 22.9 Å². The molecule has 1 atom stereocenters. The van der Waals surface area contributed by atoms with Crippen molar-refractivity contribution in [1.82, 2.24) is 4.57 Å². The number of non-ortho nitro benzene ring substituents is 1. The van der Waals surface area contributed by atoms with Gasteiger partial charge in [0.2, 0.25) is 0 Å². The summed E-state index contributed by atoms with van der Waals surface area (Å²) in [6, 6.07) is 11.4. The lowest BCUT2D eigenvalue weighted by Crippen LogP contribution is -2.40. The quantitative estimate of drug-likeness (QED) is 0.285. The number of ether oxygens (including phenoxy) is 2. The number of rotatable bonds is 6. The second-order valence-corrected chi connectivity index (χ2v) is 8.77. The van der Waals surface area contributed by atoms with Crippen LogP contribution < -0.4 is 14.9 Å². The zero-order valence-electron chi connectivity index (χ0n) is 19.6. The zero-order valence-corrected chi connectivity index (χ0v) is 20.4. The molecule has 0 saturated carbocycles. The van der Waals surface area contributed by atoms with Crippen molar-refractivity contribution in [3.05, 3.63) is 106 Å². The molecule has 184 valence electrons. The molecule has 4 rings (SSSR count). The van der Waals surface area contributed by atoms with Crippen molar-refractivity contribution in [3.63, 3.8) is 0 Å². The number of methoxy groups -OCH3 is 1. The maximum absolute atomic E-state index is 13.6. The number of nitro groups is 1. The Hall–Kier alpha value is -4.38. The van der Waals surface area contributed by atoms with Crippen LogP contribution in [0.1, 0.15) is 41.4 Å². The summed E-state index contributed by atoms with van der Waals surface area (Å²) < 4.78 is 11.8. The van der Waals surface area contributed by atoms with Crippen LogP contribution in [0.4, 0.5) is 5.69 Å². The first kappa shape index (κ1) is 24.7. The number of fused-ring (bicyclic) bond motifs is 1. The molecule has 0 aliphatic carbocycles. The largest absolute Gasteiger partial charge is 0.465 e. The lowest BCUT2D eigenvalue weighted by Gasteiger charge is -2.24. The molecule has 1 aliphatic rings. The Balaban J connectivity index is 1.89. The summed E-state index contributed by atoms with van der Waals surface area (Å²) in [7, 11) is 1.28. The minimum atomic E-state index is -0.828. The number of hydrogen-bond acceptors (Lipinski definition) is 9. The molecule has 1 aromatic heterocycles. The van der Waals surface area contributed by atoms with Crippen LogP contribution in [0.15, 0.2) is 69.6 Å². The Morgan fingerprint density at radius 2 is 1.81 bits per heavy atom. The standard InChI is InChI=1S/C25H21N3O7S/c1-4-35-24(31)20-14(2)26-25-27(21(20)16-7-9-17(10-8-16)23(30)34-3)22(29)19(36-25)13-15-5-11-18(12-6-15)28(32)33/h5-13,21H,4H2,1-3H3. The van der Waals surface area contributed by atoms with Crippen molar-refractivity contribution in [2.24, 2.45) is 4.99 Å². The smallest absolute Gasteiger partial charge is 0.338 e. The molecule has 0 spiro atoms. The van der Waals surface area contributed by atoms with Gasteiger partial charge in [-0.15, -0.1) is 0 Å². The van der Waals surface area contributed by atoms with Gasteiger partial charge in [0.05, 0.1) is 46.0 Å². The molecule has 11 heteroatoms. The van der Waals surface area contributed by atoms with Crippen molar-refractivity contribution in [3.8, 4) is 0 Å². The van der Waals surface area contributed by atoms with Gasteiger partial charge in [0, 0.05) is 12.1 Å². The summed E-state index contributed by atoms with van der Waals surface area (Å²) in [4.78, 5) is 53.7. The fourth-order valence-electron chi connectivity index (χ4n) is 3.87. The Labute approximate surface area is 208 Å². The molecule has 1 unspecified atom stereocenters. The molecule has 3 aromatic rings. The van der Waals surface area contributed by atoms with E-state index in [1.54, 1.807) is 56.3 Å². The summed E-state index contributed by atoms with van der Waals surface area (Å²) in [5.74, 6) is -1.10. The van der Waals surface area contributed by atoms with E-state index in [0.717, 1.165) is 11.3 Å². The minimum Gasteiger partial charge on any atom is -0.465 e. The van der Waals surface area contributed by atoms with Gasteiger partial charge in [-0.3, -0.25) is 19.5 Å². The van der Waals surface area contributed by atoms with Crippen molar-refractivity contribution in [2.75, 3.05) is 13.7 Å². The zero-order chi connectivity index (χ0) is 26.0. The number of benzene rings is 2. The van der Waals surface area contributed by atoms with Crippen LogP contribution in [-0.2, 0) is 14.3 Å². The van der Waals surface area contributed by atoms with Crippen LogP contribution in [0, 0.1) is 10.1 Å². The average molecular weight is 508 g/mol. The van der Waals surface area contributed by atoms with Gasteiger partial charge in [0.15, 0.2) is 4.80 Å². The number of hydrogen-bond donors (Lipinski definition) is 0. The van der Waals surface area contributed by atoms with Gasteiger partial charge in [-0.25, -0.2) is 14.6 Å². The number of thiazole rings is 1. The van der Waals surface area contributed by atoms with E-state index in [1.165, 1.54) is 23.8 Å². The first-order valence-corrected chi connectivity index (χ1v) is 11.7. The van der Waals surface area contributed by atoms with E-state index in [-0.39, 0.29) is 23.4 Å². The molecular formula is C25H21N3O7S. The van der Waals surface area contributed by atoms with Gasteiger partial charge in [-0.2, -0.15) is 0 Å². The molecule has 0 N–H and O–H groups in total. The molecule has 1 aliphatic heterocycles. The van der Waals surface area contributed by atoms with Gasteiger partial charge >= 0.3 is 11.9 Å². The topological polar surface area (TPSA) is 130 Å². The van der Waals surface area contributed by atoms with Crippen molar-refractivity contribution >= 4 is 35.0 Å². The van der Waals surface area contributed by atoms with E-state index in [9.17, 15) is 24.5 Å². The maximum Gasteiger partial charge on any atom is 0.338 e. The first-order chi connectivity index (χ1) is 17.2. The fraction of sp³-hybridized carbons (Fsp3) is 0.200. The molecular weight excluding hydrogens is 486 g/mol. The second kappa shape index (κ2) is 10.1. The summed E-state index contributed by atoms with van der Waals surface area (Å²) in [5.41, 5.74) is 1.71. The van der Waals surface area contributed by atoms with Crippen LogP contribution in [0.2, 0.25) is 0 Å². The third-order valence-electron chi connectivity index (χ3n) is 5.57. The van der Waals surface area contributed by atoms with Crippen molar-refractivity contribution in [1.29, 1.82) is 0 Å². The second-order valence-electron chi connectivity index (χ2n) is 7.76. The Morgan fingerprint density at radius 3 is 2.39 bits per heavy atom. The van der Waals surface area contributed by atoms with Crippen molar-refractivity contribution in [2.45, 2.75) is 19.9 Å². The number of carbonyl (C=O) groups is 2. The molecule has 0 amide bonds. The number of esters is 2.